The Morgan fingerprint density at radius 3 is 2.29 bits per heavy atom. The lowest BCUT2D eigenvalue weighted by Crippen LogP contribution is -2.88. The minimum atomic E-state index is -0.570. The summed E-state index contributed by atoms with van der Waals surface area (Å²) < 4.78 is 6.08. The summed E-state index contributed by atoms with van der Waals surface area (Å²) in [6.45, 7) is 5.16. The van der Waals surface area contributed by atoms with E-state index in [1.807, 2.05) is 47.8 Å². The standard InChI is InChI=1S/C20H27NO3/c1-15-8-6-7-11-19(15)20(17-9-4-3-5-10-17)24-14-18(23)13-21-12-16(2)22/h3-11,16,18,20-23H,12-14H2,1-2H3/p+1/t16-,18+,20-/m1/s1. The fourth-order valence-electron chi connectivity index (χ4n) is 2.68. The van der Waals surface area contributed by atoms with Gasteiger partial charge in [0, 0.05) is 0 Å². The van der Waals surface area contributed by atoms with Crippen LogP contribution < -0.4 is 5.32 Å². The van der Waals surface area contributed by atoms with Crippen LogP contribution in [0.3, 0.4) is 0 Å². The summed E-state index contributed by atoms with van der Waals surface area (Å²) >= 11 is 0. The quantitative estimate of drug-likeness (QED) is 0.651. The summed E-state index contributed by atoms with van der Waals surface area (Å²) in [4.78, 5) is 0. The van der Waals surface area contributed by atoms with Gasteiger partial charge in [0.15, 0.2) is 0 Å². The summed E-state index contributed by atoms with van der Waals surface area (Å²) in [5.74, 6) is 0. The van der Waals surface area contributed by atoms with Gasteiger partial charge < -0.3 is 20.3 Å². The first-order valence-electron chi connectivity index (χ1n) is 8.47. The number of hydrogen-bond acceptors (Lipinski definition) is 3. The average Bonchev–Trinajstić information content (AvgIpc) is 2.57. The van der Waals surface area contributed by atoms with Gasteiger partial charge in [-0.05, 0) is 30.5 Å². The molecule has 2 aromatic carbocycles. The van der Waals surface area contributed by atoms with Gasteiger partial charge in [-0.15, -0.1) is 0 Å². The first kappa shape index (κ1) is 18.6. The van der Waals surface area contributed by atoms with Crippen molar-refractivity contribution in [3.63, 3.8) is 0 Å². The number of rotatable bonds is 9. The minimum absolute atomic E-state index is 0.196. The van der Waals surface area contributed by atoms with Crippen molar-refractivity contribution in [3.05, 3.63) is 71.3 Å². The monoisotopic (exact) mass is 330 g/mol. The summed E-state index contributed by atoms with van der Waals surface area (Å²) in [5, 5.41) is 21.3. The molecule has 0 bridgehead atoms. The third kappa shape index (κ3) is 5.73. The zero-order valence-corrected chi connectivity index (χ0v) is 14.4. The second-order valence-corrected chi connectivity index (χ2v) is 6.24. The van der Waals surface area contributed by atoms with Crippen LogP contribution in [0.25, 0.3) is 0 Å². The highest BCUT2D eigenvalue weighted by molar-refractivity contribution is 5.35. The average molecular weight is 330 g/mol. The predicted octanol–water partition coefficient (Wildman–Crippen LogP) is 1.41. The first-order chi connectivity index (χ1) is 11.6. The van der Waals surface area contributed by atoms with Gasteiger partial charge in [-0.1, -0.05) is 54.6 Å². The van der Waals surface area contributed by atoms with E-state index in [9.17, 15) is 10.2 Å². The van der Waals surface area contributed by atoms with Gasteiger partial charge in [-0.25, -0.2) is 0 Å². The van der Waals surface area contributed by atoms with Gasteiger partial charge in [0.2, 0.25) is 0 Å². The number of ether oxygens (including phenoxy) is 1. The second kappa shape index (κ2) is 9.55. The highest BCUT2D eigenvalue weighted by Gasteiger charge is 2.18. The number of benzene rings is 2. The van der Waals surface area contributed by atoms with Crippen LogP contribution >= 0.6 is 0 Å². The van der Waals surface area contributed by atoms with Crippen molar-refractivity contribution in [1.82, 2.24) is 0 Å². The van der Waals surface area contributed by atoms with E-state index in [4.69, 9.17) is 4.74 Å². The zero-order valence-electron chi connectivity index (χ0n) is 14.4. The SMILES string of the molecule is Cc1ccccc1[C@H](OC[C@@H](O)C[NH2+]C[C@@H](C)O)c1ccccc1. The van der Waals surface area contributed by atoms with Crippen LogP contribution in [0.2, 0.25) is 0 Å². The molecule has 0 heterocycles. The third-order valence-electron chi connectivity index (χ3n) is 3.98. The van der Waals surface area contributed by atoms with Gasteiger partial charge in [-0.2, -0.15) is 0 Å². The van der Waals surface area contributed by atoms with Crippen molar-refractivity contribution in [1.29, 1.82) is 0 Å². The van der Waals surface area contributed by atoms with Crippen LogP contribution in [0.15, 0.2) is 54.6 Å². The van der Waals surface area contributed by atoms with E-state index in [-0.39, 0.29) is 18.8 Å². The maximum absolute atomic E-state index is 10.1. The molecule has 2 aromatic rings. The molecule has 0 aliphatic carbocycles. The molecule has 0 amide bonds. The van der Waals surface area contributed by atoms with Crippen molar-refractivity contribution in [2.45, 2.75) is 32.2 Å². The number of aliphatic hydroxyl groups is 2. The molecular weight excluding hydrogens is 302 g/mol. The number of hydrogen-bond donors (Lipinski definition) is 3. The summed E-state index contributed by atoms with van der Waals surface area (Å²) in [7, 11) is 0. The second-order valence-electron chi connectivity index (χ2n) is 6.24. The molecule has 4 heteroatoms. The lowest BCUT2D eigenvalue weighted by atomic mass is 9.97. The first-order valence-corrected chi connectivity index (χ1v) is 8.47. The van der Waals surface area contributed by atoms with Crippen LogP contribution in [0.1, 0.15) is 29.7 Å². The Hall–Kier alpha value is -1.72. The smallest absolute Gasteiger partial charge is 0.126 e. The molecule has 24 heavy (non-hydrogen) atoms. The van der Waals surface area contributed by atoms with Gasteiger partial charge in [0.25, 0.3) is 0 Å². The lowest BCUT2D eigenvalue weighted by molar-refractivity contribution is -0.666. The number of aryl methyl sites for hydroxylation is 1. The summed E-state index contributed by atoms with van der Waals surface area (Å²) in [6, 6.07) is 18.2. The van der Waals surface area contributed by atoms with Crippen LogP contribution in [0.5, 0.6) is 0 Å². The molecule has 2 rings (SSSR count). The zero-order chi connectivity index (χ0) is 17.4. The Kier molecular flexibility index (Phi) is 7.40. The highest BCUT2D eigenvalue weighted by Crippen LogP contribution is 2.28. The van der Waals surface area contributed by atoms with Gasteiger partial charge in [0.1, 0.15) is 25.3 Å². The molecule has 4 N–H and O–H groups in total. The van der Waals surface area contributed by atoms with E-state index in [0.29, 0.717) is 13.1 Å². The maximum Gasteiger partial charge on any atom is 0.126 e. The van der Waals surface area contributed by atoms with Crippen molar-refractivity contribution in [3.8, 4) is 0 Å². The topological polar surface area (TPSA) is 66.3 Å². The van der Waals surface area contributed by atoms with E-state index >= 15 is 0 Å². The van der Waals surface area contributed by atoms with E-state index in [2.05, 4.69) is 19.1 Å². The summed E-state index contributed by atoms with van der Waals surface area (Å²) in [5.41, 5.74) is 3.36. The molecule has 130 valence electrons. The van der Waals surface area contributed by atoms with Crippen molar-refractivity contribution in [2.24, 2.45) is 0 Å². The van der Waals surface area contributed by atoms with E-state index in [0.717, 1.165) is 11.1 Å². The molecule has 0 radical (unpaired) electrons. The lowest BCUT2D eigenvalue weighted by Gasteiger charge is -2.22. The molecule has 0 spiro atoms. The molecule has 3 atom stereocenters. The fraction of sp³-hybridized carbons (Fsp3) is 0.400. The highest BCUT2D eigenvalue weighted by atomic mass is 16.5. The Balaban J connectivity index is 2.04. The number of nitrogens with two attached hydrogens (primary N) is 1. The Bertz CT molecular complexity index is 601. The van der Waals surface area contributed by atoms with Crippen molar-refractivity contribution >= 4 is 0 Å². The molecule has 0 aliphatic heterocycles. The minimum Gasteiger partial charge on any atom is -0.388 e. The molecule has 0 fully saturated rings. The van der Waals surface area contributed by atoms with Crippen LogP contribution in [-0.2, 0) is 4.74 Å². The molecule has 4 nitrogen and oxygen atoms in total. The molecule has 0 aliphatic rings. The van der Waals surface area contributed by atoms with E-state index in [1.165, 1.54) is 5.56 Å². The van der Waals surface area contributed by atoms with Gasteiger partial charge in [0.05, 0.1) is 12.7 Å². The normalized spacial score (nSPS) is 15.0. The maximum atomic E-state index is 10.1. The van der Waals surface area contributed by atoms with E-state index < -0.39 is 6.10 Å². The van der Waals surface area contributed by atoms with Crippen molar-refractivity contribution < 1.29 is 20.3 Å². The molecule has 0 saturated heterocycles. The Morgan fingerprint density at radius 1 is 0.958 bits per heavy atom. The Labute approximate surface area is 144 Å². The Morgan fingerprint density at radius 2 is 1.62 bits per heavy atom. The third-order valence-corrected chi connectivity index (χ3v) is 3.98. The van der Waals surface area contributed by atoms with E-state index in [1.54, 1.807) is 6.92 Å². The van der Waals surface area contributed by atoms with Crippen LogP contribution in [0, 0.1) is 6.92 Å². The van der Waals surface area contributed by atoms with Gasteiger partial charge >= 0.3 is 0 Å². The molecule has 0 unspecified atom stereocenters. The fourth-order valence-corrected chi connectivity index (χ4v) is 2.68. The largest absolute Gasteiger partial charge is 0.388 e. The van der Waals surface area contributed by atoms with Gasteiger partial charge in [-0.3, -0.25) is 0 Å². The molecular formula is C20H28NO3+. The van der Waals surface area contributed by atoms with Crippen LogP contribution in [-0.4, -0.2) is 42.1 Å². The molecule has 0 aromatic heterocycles. The number of aliphatic hydroxyl groups excluding tert-OH is 2. The predicted molar refractivity (Wildman–Crippen MR) is 94.8 cm³/mol. The van der Waals surface area contributed by atoms with Crippen LogP contribution in [0.4, 0.5) is 0 Å². The number of quaternary nitrogens is 1. The summed E-state index contributed by atoms with van der Waals surface area (Å²) in [6.07, 6.45) is -1.14. The molecule has 0 saturated carbocycles. The van der Waals surface area contributed by atoms with Crippen molar-refractivity contribution in [2.75, 3.05) is 19.7 Å².